The van der Waals surface area contributed by atoms with Gasteiger partial charge in [-0.05, 0) is 103 Å². The van der Waals surface area contributed by atoms with E-state index in [2.05, 4.69) is 229 Å². The molecule has 9 rings (SSSR count). The summed E-state index contributed by atoms with van der Waals surface area (Å²) >= 11 is 0. The Labute approximate surface area is 311 Å². The van der Waals surface area contributed by atoms with Crippen molar-refractivity contribution in [3.8, 4) is 55.6 Å². The summed E-state index contributed by atoms with van der Waals surface area (Å²) in [5.74, 6) is 0. The van der Waals surface area contributed by atoms with Crippen molar-refractivity contribution >= 4 is 27.8 Å². The van der Waals surface area contributed by atoms with Crippen molar-refractivity contribution in [2.24, 2.45) is 0 Å². The molecule has 0 radical (unpaired) electrons. The molecule has 0 N–H and O–H groups in total. The van der Waals surface area contributed by atoms with Crippen LogP contribution in [0.4, 0.5) is 17.1 Å². The highest BCUT2D eigenvalue weighted by Gasteiger charge is 2.21. The van der Waals surface area contributed by atoms with Gasteiger partial charge in [0.1, 0.15) is 0 Å². The lowest BCUT2D eigenvalue weighted by Gasteiger charge is -2.28. The highest BCUT2D eigenvalue weighted by molar-refractivity contribution is 6.06. The molecule has 0 saturated carbocycles. The fourth-order valence-electron chi connectivity index (χ4n) is 7.59. The molecular formula is C52H37N. The zero-order valence-corrected chi connectivity index (χ0v) is 29.3. The van der Waals surface area contributed by atoms with Crippen molar-refractivity contribution in [3.63, 3.8) is 0 Å². The normalized spacial score (nSPS) is 11.0. The van der Waals surface area contributed by atoms with E-state index in [9.17, 15) is 0 Å². The van der Waals surface area contributed by atoms with E-state index in [4.69, 9.17) is 0 Å². The van der Waals surface area contributed by atoms with Gasteiger partial charge in [0.05, 0.1) is 5.69 Å². The second-order valence-corrected chi connectivity index (χ2v) is 13.3. The molecule has 53 heavy (non-hydrogen) atoms. The third-order valence-corrected chi connectivity index (χ3v) is 10.0. The number of hydrogen-bond donors (Lipinski definition) is 0. The maximum absolute atomic E-state index is 2.41. The summed E-state index contributed by atoms with van der Waals surface area (Å²) in [4.78, 5) is 2.41. The molecule has 0 aliphatic rings. The molecule has 0 atom stereocenters. The summed E-state index contributed by atoms with van der Waals surface area (Å²) in [5, 5.41) is 2.42. The van der Waals surface area contributed by atoms with Crippen molar-refractivity contribution < 1.29 is 0 Å². The number of nitrogens with zero attached hydrogens (tertiary/aromatic N) is 1. The predicted molar refractivity (Wildman–Crippen MR) is 226 cm³/mol. The number of fused-ring (bicyclic) bond motifs is 1. The van der Waals surface area contributed by atoms with Crippen LogP contribution >= 0.6 is 0 Å². The highest BCUT2D eigenvalue weighted by atomic mass is 15.1. The lowest BCUT2D eigenvalue weighted by atomic mass is 9.84. The van der Waals surface area contributed by atoms with E-state index in [0.717, 1.165) is 22.6 Å². The summed E-state index contributed by atoms with van der Waals surface area (Å²) in [6, 6.07) is 80.9. The van der Waals surface area contributed by atoms with Crippen LogP contribution in [-0.4, -0.2) is 0 Å². The quantitative estimate of drug-likeness (QED) is 0.155. The molecule has 0 amide bonds. The largest absolute Gasteiger partial charge is 0.310 e. The third kappa shape index (κ3) is 6.30. The molecule has 0 spiro atoms. The molecule has 0 saturated heterocycles. The molecule has 0 unspecified atom stereocenters. The van der Waals surface area contributed by atoms with Crippen LogP contribution < -0.4 is 4.90 Å². The molecule has 0 fully saturated rings. The molecule has 0 heterocycles. The summed E-state index contributed by atoms with van der Waals surface area (Å²) < 4.78 is 0. The number of para-hydroxylation sites is 1. The van der Waals surface area contributed by atoms with Crippen molar-refractivity contribution in [2.45, 2.75) is 0 Å². The van der Waals surface area contributed by atoms with E-state index in [1.54, 1.807) is 0 Å². The average molecular weight is 676 g/mol. The molecule has 0 bridgehead atoms. The van der Waals surface area contributed by atoms with E-state index < -0.39 is 0 Å². The van der Waals surface area contributed by atoms with Gasteiger partial charge in [-0.15, -0.1) is 0 Å². The van der Waals surface area contributed by atoms with Crippen molar-refractivity contribution in [1.29, 1.82) is 0 Å². The Kier molecular flexibility index (Phi) is 8.66. The van der Waals surface area contributed by atoms with Gasteiger partial charge in [-0.1, -0.05) is 182 Å². The van der Waals surface area contributed by atoms with E-state index in [1.807, 2.05) is 0 Å². The van der Waals surface area contributed by atoms with Crippen LogP contribution in [0.1, 0.15) is 0 Å². The minimum atomic E-state index is 1.09. The van der Waals surface area contributed by atoms with Crippen molar-refractivity contribution in [2.75, 3.05) is 4.90 Å². The van der Waals surface area contributed by atoms with E-state index >= 15 is 0 Å². The monoisotopic (exact) mass is 675 g/mol. The highest BCUT2D eigenvalue weighted by Crippen LogP contribution is 2.46. The molecule has 1 heteroatoms. The van der Waals surface area contributed by atoms with Crippen LogP contribution in [-0.2, 0) is 0 Å². The fourth-order valence-corrected chi connectivity index (χ4v) is 7.59. The van der Waals surface area contributed by atoms with E-state index in [1.165, 1.54) is 60.8 Å². The first-order valence-electron chi connectivity index (χ1n) is 18.2. The molecule has 1 nitrogen and oxygen atoms in total. The Balaban J connectivity index is 1.29. The topological polar surface area (TPSA) is 3.24 Å². The second kappa shape index (κ2) is 14.3. The Hall–Kier alpha value is -6.96. The SMILES string of the molecule is c1ccc(-c2cc(-c3ccccc3)c(-c3cccc(N(c4ccccc4)c4ccc(-c5ccccc5)c5ccccc45)c3)c(-c3ccccc3)c2)cc1. The van der Waals surface area contributed by atoms with Gasteiger partial charge >= 0.3 is 0 Å². The van der Waals surface area contributed by atoms with Crippen LogP contribution in [0.25, 0.3) is 66.4 Å². The van der Waals surface area contributed by atoms with Crippen LogP contribution in [0.15, 0.2) is 224 Å². The van der Waals surface area contributed by atoms with Gasteiger partial charge in [0.2, 0.25) is 0 Å². The molecule has 9 aromatic carbocycles. The first-order chi connectivity index (χ1) is 26.3. The lowest BCUT2D eigenvalue weighted by Crippen LogP contribution is -2.10. The second-order valence-electron chi connectivity index (χ2n) is 13.3. The summed E-state index contributed by atoms with van der Waals surface area (Å²) in [7, 11) is 0. The maximum Gasteiger partial charge on any atom is 0.0540 e. The van der Waals surface area contributed by atoms with Crippen molar-refractivity contribution in [3.05, 3.63) is 224 Å². The number of benzene rings is 9. The van der Waals surface area contributed by atoms with Gasteiger partial charge in [-0.2, -0.15) is 0 Å². The zero-order valence-electron chi connectivity index (χ0n) is 29.3. The van der Waals surface area contributed by atoms with Crippen LogP contribution in [0, 0.1) is 0 Å². The molecule has 9 aromatic rings. The summed E-state index contributed by atoms with van der Waals surface area (Å²) in [6.45, 7) is 0. The van der Waals surface area contributed by atoms with Gasteiger partial charge < -0.3 is 4.90 Å². The van der Waals surface area contributed by atoms with Crippen molar-refractivity contribution in [1.82, 2.24) is 0 Å². The smallest absolute Gasteiger partial charge is 0.0540 e. The predicted octanol–water partition coefficient (Wildman–Crippen LogP) is 14.6. The third-order valence-electron chi connectivity index (χ3n) is 10.0. The van der Waals surface area contributed by atoms with Gasteiger partial charge in [-0.25, -0.2) is 0 Å². The molecule has 0 aliphatic heterocycles. The minimum absolute atomic E-state index is 1.09. The van der Waals surface area contributed by atoms with Gasteiger partial charge in [0.25, 0.3) is 0 Å². The zero-order chi connectivity index (χ0) is 35.4. The van der Waals surface area contributed by atoms with Crippen LogP contribution in [0.3, 0.4) is 0 Å². The van der Waals surface area contributed by atoms with Gasteiger partial charge in [0.15, 0.2) is 0 Å². The number of anilines is 3. The van der Waals surface area contributed by atoms with Gasteiger partial charge in [-0.3, -0.25) is 0 Å². The average Bonchev–Trinajstić information content (AvgIpc) is 3.25. The summed E-state index contributed by atoms with van der Waals surface area (Å²) in [5.41, 5.74) is 15.3. The fraction of sp³-hybridized carbons (Fsp3) is 0. The Morgan fingerprint density at radius 2 is 0.679 bits per heavy atom. The Morgan fingerprint density at radius 1 is 0.245 bits per heavy atom. The summed E-state index contributed by atoms with van der Waals surface area (Å²) in [6.07, 6.45) is 0. The first kappa shape index (κ1) is 32.0. The molecule has 250 valence electrons. The molecule has 0 aliphatic carbocycles. The van der Waals surface area contributed by atoms with Gasteiger partial charge in [0, 0.05) is 16.8 Å². The minimum Gasteiger partial charge on any atom is -0.310 e. The molecule has 0 aromatic heterocycles. The number of rotatable bonds is 8. The maximum atomic E-state index is 2.41. The van der Waals surface area contributed by atoms with Crippen LogP contribution in [0.2, 0.25) is 0 Å². The van der Waals surface area contributed by atoms with E-state index in [-0.39, 0.29) is 0 Å². The first-order valence-corrected chi connectivity index (χ1v) is 18.2. The standard InChI is InChI=1S/C52H37N/c1-6-19-38(20-7-1)43-36-49(40-23-10-3-11-24-40)52(50(37-43)41-25-12-4-13-26-41)42-27-18-30-45(35-42)53(44-28-14-5-15-29-44)51-34-33-46(39-21-8-2-9-22-39)47-31-16-17-32-48(47)51/h1-37H. The Morgan fingerprint density at radius 3 is 1.25 bits per heavy atom. The number of hydrogen-bond acceptors (Lipinski definition) is 1. The van der Waals surface area contributed by atoms with Crippen LogP contribution in [0.5, 0.6) is 0 Å². The molecular weight excluding hydrogens is 639 g/mol. The lowest BCUT2D eigenvalue weighted by molar-refractivity contribution is 1.30. The Bertz CT molecular complexity index is 2570. The van der Waals surface area contributed by atoms with E-state index in [0.29, 0.717) is 0 Å².